The molecule has 154 valence electrons. The van der Waals surface area contributed by atoms with E-state index in [4.69, 9.17) is 16.3 Å². The highest BCUT2D eigenvalue weighted by molar-refractivity contribution is 7.92. The molecule has 0 radical (unpaired) electrons. The summed E-state index contributed by atoms with van der Waals surface area (Å²) in [5, 5.41) is 2.83. The minimum Gasteiger partial charge on any atom is -0.480 e. The summed E-state index contributed by atoms with van der Waals surface area (Å²) in [4.78, 5) is 15.2. The molecule has 0 saturated heterocycles. The van der Waals surface area contributed by atoms with Gasteiger partial charge in [0.05, 0.1) is 23.3 Å². The van der Waals surface area contributed by atoms with E-state index >= 15 is 0 Å². The summed E-state index contributed by atoms with van der Waals surface area (Å²) < 4.78 is 47.2. The number of anilines is 2. The number of halogens is 2. The standard InChI is InChI=1S/C18H14ClFN6O3S/c1-21-18-24-8-11(9-25-18)3-4-12-5-6-22-16(15(12)20)26-30(27,28)14-7-13(19)10-23-17(14)29-2/h5-10H,1-2H3,(H,22,26)(H,21,24,25). The van der Waals surface area contributed by atoms with Gasteiger partial charge in [-0.3, -0.25) is 4.72 Å². The van der Waals surface area contributed by atoms with E-state index in [1.54, 1.807) is 7.05 Å². The van der Waals surface area contributed by atoms with Crippen LogP contribution in [0.4, 0.5) is 16.2 Å². The van der Waals surface area contributed by atoms with Crippen molar-refractivity contribution >= 4 is 33.4 Å². The van der Waals surface area contributed by atoms with E-state index in [2.05, 4.69) is 41.8 Å². The number of rotatable bonds is 5. The highest BCUT2D eigenvalue weighted by Crippen LogP contribution is 2.27. The average Bonchev–Trinajstić information content (AvgIpc) is 2.74. The number of ether oxygens (including phenoxy) is 1. The van der Waals surface area contributed by atoms with Gasteiger partial charge in [0.25, 0.3) is 10.0 Å². The molecule has 3 aromatic rings. The minimum absolute atomic E-state index is 0.0655. The number of pyridine rings is 2. The van der Waals surface area contributed by atoms with Crippen LogP contribution in [-0.4, -0.2) is 42.5 Å². The zero-order valence-corrected chi connectivity index (χ0v) is 17.2. The lowest BCUT2D eigenvalue weighted by molar-refractivity contribution is 0.385. The molecule has 0 aliphatic heterocycles. The predicted octanol–water partition coefficient (Wildman–Crippen LogP) is 2.31. The Labute approximate surface area is 176 Å². The second kappa shape index (κ2) is 8.89. The number of aromatic nitrogens is 4. The van der Waals surface area contributed by atoms with Gasteiger partial charge in [0.2, 0.25) is 11.8 Å². The van der Waals surface area contributed by atoms with Gasteiger partial charge in [-0.1, -0.05) is 23.4 Å². The third kappa shape index (κ3) is 4.73. The summed E-state index contributed by atoms with van der Waals surface area (Å²) in [6.45, 7) is 0. The van der Waals surface area contributed by atoms with E-state index in [1.807, 2.05) is 0 Å². The maximum absolute atomic E-state index is 14.8. The van der Waals surface area contributed by atoms with Crippen LogP contribution in [0.3, 0.4) is 0 Å². The van der Waals surface area contributed by atoms with Crippen LogP contribution in [0.1, 0.15) is 11.1 Å². The molecule has 3 heterocycles. The van der Waals surface area contributed by atoms with Gasteiger partial charge in [0.1, 0.15) is 0 Å². The normalized spacial score (nSPS) is 10.7. The number of nitrogens with zero attached hydrogens (tertiary/aromatic N) is 4. The van der Waals surface area contributed by atoms with Gasteiger partial charge < -0.3 is 10.1 Å². The van der Waals surface area contributed by atoms with Crippen molar-refractivity contribution in [1.29, 1.82) is 0 Å². The Kier molecular flexibility index (Phi) is 6.29. The molecule has 0 aromatic carbocycles. The minimum atomic E-state index is -4.29. The molecule has 0 aliphatic carbocycles. The summed E-state index contributed by atoms with van der Waals surface area (Å²) in [5.74, 6) is 4.04. The summed E-state index contributed by atoms with van der Waals surface area (Å²) in [7, 11) is -1.37. The Balaban J connectivity index is 1.92. The SMILES string of the molecule is CNc1ncc(C#Cc2ccnc(NS(=O)(=O)c3cc(Cl)cnc3OC)c2F)cn1. The van der Waals surface area contributed by atoms with Crippen molar-refractivity contribution in [2.24, 2.45) is 0 Å². The Morgan fingerprint density at radius 1 is 1.13 bits per heavy atom. The van der Waals surface area contributed by atoms with Crippen molar-refractivity contribution in [3.8, 4) is 17.7 Å². The molecule has 2 N–H and O–H groups in total. The van der Waals surface area contributed by atoms with E-state index in [9.17, 15) is 12.8 Å². The molecule has 9 nitrogen and oxygen atoms in total. The molecule has 0 spiro atoms. The van der Waals surface area contributed by atoms with E-state index < -0.39 is 21.7 Å². The third-order valence-electron chi connectivity index (χ3n) is 3.60. The Bertz CT molecular complexity index is 1240. The first-order chi connectivity index (χ1) is 14.3. The van der Waals surface area contributed by atoms with Crippen molar-refractivity contribution in [3.05, 3.63) is 58.9 Å². The van der Waals surface area contributed by atoms with Gasteiger partial charge in [-0.25, -0.2) is 32.7 Å². The summed E-state index contributed by atoms with van der Waals surface area (Å²) >= 11 is 5.83. The van der Waals surface area contributed by atoms with E-state index in [-0.39, 0.29) is 21.4 Å². The molecule has 0 saturated carbocycles. The van der Waals surface area contributed by atoms with Crippen LogP contribution in [-0.2, 0) is 10.0 Å². The summed E-state index contributed by atoms with van der Waals surface area (Å²) in [6, 6.07) is 2.44. The fraction of sp³-hybridized carbons (Fsp3) is 0.111. The molecule has 0 amide bonds. The second-order valence-electron chi connectivity index (χ2n) is 5.58. The van der Waals surface area contributed by atoms with Gasteiger partial charge in [-0.15, -0.1) is 0 Å². The number of hydrogen-bond donors (Lipinski definition) is 2. The van der Waals surface area contributed by atoms with Crippen molar-refractivity contribution in [1.82, 2.24) is 19.9 Å². The highest BCUT2D eigenvalue weighted by Gasteiger charge is 2.24. The molecular weight excluding hydrogens is 435 g/mol. The van der Waals surface area contributed by atoms with Gasteiger partial charge in [0.15, 0.2) is 16.5 Å². The maximum Gasteiger partial charge on any atom is 0.268 e. The van der Waals surface area contributed by atoms with Crippen molar-refractivity contribution in [2.75, 3.05) is 24.2 Å². The first-order valence-electron chi connectivity index (χ1n) is 8.22. The van der Waals surface area contributed by atoms with Crippen LogP contribution in [0, 0.1) is 17.7 Å². The van der Waals surface area contributed by atoms with Gasteiger partial charge >= 0.3 is 0 Å². The molecule has 3 rings (SSSR count). The van der Waals surface area contributed by atoms with E-state index in [0.717, 1.165) is 6.07 Å². The molecule has 0 aliphatic rings. The van der Waals surface area contributed by atoms with Crippen LogP contribution in [0.2, 0.25) is 5.02 Å². The predicted molar refractivity (Wildman–Crippen MR) is 108 cm³/mol. The van der Waals surface area contributed by atoms with Gasteiger partial charge in [-0.2, -0.15) is 0 Å². The lowest BCUT2D eigenvalue weighted by Crippen LogP contribution is -2.17. The smallest absolute Gasteiger partial charge is 0.268 e. The summed E-state index contributed by atoms with van der Waals surface area (Å²) in [5.41, 5.74) is 0.374. The number of hydrogen-bond acceptors (Lipinski definition) is 8. The third-order valence-corrected chi connectivity index (χ3v) is 5.15. The molecule has 3 aromatic heterocycles. The lowest BCUT2D eigenvalue weighted by Gasteiger charge is -2.11. The molecule has 0 bridgehead atoms. The summed E-state index contributed by atoms with van der Waals surface area (Å²) in [6.07, 6.45) is 5.38. The fourth-order valence-electron chi connectivity index (χ4n) is 2.21. The zero-order chi connectivity index (χ0) is 21.7. The first-order valence-corrected chi connectivity index (χ1v) is 10.1. The lowest BCUT2D eigenvalue weighted by atomic mass is 10.2. The molecule has 0 unspecified atom stereocenters. The number of nitrogens with one attached hydrogen (secondary N) is 2. The van der Waals surface area contributed by atoms with E-state index in [1.165, 1.54) is 38.0 Å². The molecule has 12 heteroatoms. The largest absolute Gasteiger partial charge is 0.480 e. The topological polar surface area (TPSA) is 119 Å². The highest BCUT2D eigenvalue weighted by atomic mass is 35.5. The Hall–Kier alpha value is -3.49. The number of methoxy groups -OCH3 is 1. The van der Waals surface area contributed by atoms with Gasteiger partial charge in [0, 0.05) is 31.8 Å². The Morgan fingerprint density at radius 3 is 2.53 bits per heavy atom. The van der Waals surface area contributed by atoms with Crippen LogP contribution in [0.15, 0.2) is 41.8 Å². The van der Waals surface area contributed by atoms with Crippen LogP contribution >= 0.6 is 11.6 Å². The molecular formula is C18H14ClFN6O3S. The molecule has 0 atom stereocenters. The van der Waals surface area contributed by atoms with E-state index in [0.29, 0.717) is 11.5 Å². The maximum atomic E-state index is 14.8. The molecule has 30 heavy (non-hydrogen) atoms. The van der Waals surface area contributed by atoms with Gasteiger partial charge in [-0.05, 0) is 12.1 Å². The first kappa shape index (κ1) is 21.2. The van der Waals surface area contributed by atoms with Crippen molar-refractivity contribution < 1.29 is 17.5 Å². The second-order valence-corrected chi connectivity index (χ2v) is 7.67. The average molecular weight is 449 g/mol. The Morgan fingerprint density at radius 2 is 1.87 bits per heavy atom. The van der Waals surface area contributed by atoms with Crippen LogP contribution < -0.4 is 14.8 Å². The monoisotopic (exact) mass is 448 g/mol. The van der Waals surface area contributed by atoms with Crippen molar-refractivity contribution in [2.45, 2.75) is 4.90 Å². The van der Waals surface area contributed by atoms with Crippen LogP contribution in [0.25, 0.3) is 0 Å². The molecule has 0 fully saturated rings. The quantitative estimate of drug-likeness (QED) is 0.571. The fourth-order valence-corrected chi connectivity index (χ4v) is 3.59. The number of sulfonamides is 1. The van der Waals surface area contributed by atoms with Crippen molar-refractivity contribution in [3.63, 3.8) is 0 Å². The van der Waals surface area contributed by atoms with Crippen LogP contribution in [0.5, 0.6) is 5.88 Å². The zero-order valence-electron chi connectivity index (χ0n) is 15.6.